The first-order chi connectivity index (χ1) is 9.83. The van der Waals surface area contributed by atoms with Crippen LogP contribution in [0, 0.1) is 5.92 Å². The molecule has 3 rings (SSSR count). The Balaban J connectivity index is 1.41. The van der Waals surface area contributed by atoms with Gasteiger partial charge in [0.25, 0.3) is 0 Å². The molecule has 1 atom stereocenters. The van der Waals surface area contributed by atoms with Crippen LogP contribution in [0.15, 0.2) is 12.4 Å². The minimum absolute atomic E-state index is 0.0252. The number of rotatable bonds is 5. The maximum atomic E-state index is 11.9. The lowest BCUT2D eigenvalue weighted by Crippen LogP contribution is -2.36. The first-order valence-corrected chi connectivity index (χ1v) is 7.49. The minimum atomic E-state index is 0.0252. The van der Waals surface area contributed by atoms with Crippen molar-refractivity contribution in [2.75, 3.05) is 19.8 Å². The monoisotopic (exact) mass is 275 g/mol. The molecule has 0 unspecified atom stereocenters. The molecule has 2 heterocycles. The molecule has 0 aromatic carbocycles. The summed E-state index contributed by atoms with van der Waals surface area (Å²) in [7, 11) is 0. The molecular weight excluding hydrogens is 254 g/mol. The van der Waals surface area contributed by atoms with Gasteiger partial charge in [0.1, 0.15) is 5.82 Å². The first-order valence-electron chi connectivity index (χ1n) is 7.49. The Labute approximate surface area is 119 Å². The van der Waals surface area contributed by atoms with Gasteiger partial charge in [-0.15, -0.1) is 0 Å². The number of carbonyl (C=O) groups excluding carboxylic acids is 1. The lowest BCUT2D eigenvalue weighted by atomic mass is 10.0. The van der Waals surface area contributed by atoms with Crippen molar-refractivity contribution in [1.82, 2.24) is 15.3 Å². The lowest BCUT2D eigenvalue weighted by molar-refractivity contribution is -0.128. The first kappa shape index (κ1) is 13.5. The average Bonchev–Trinajstić information content (AvgIpc) is 3.33. The van der Waals surface area contributed by atoms with Gasteiger partial charge in [-0.05, 0) is 37.7 Å². The molecule has 1 saturated carbocycles. The van der Waals surface area contributed by atoms with Gasteiger partial charge in [-0.2, -0.15) is 0 Å². The fraction of sp³-hybridized carbons (Fsp3) is 0.667. The number of ether oxygens (including phenoxy) is 1. The Hall–Kier alpha value is -1.49. The van der Waals surface area contributed by atoms with Crippen LogP contribution in [0.25, 0.3) is 0 Å². The molecular formula is C15H21N3O2. The summed E-state index contributed by atoms with van der Waals surface area (Å²) in [5.41, 5.74) is 1.08. The molecule has 1 aromatic heterocycles. The number of amides is 1. The Morgan fingerprint density at radius 3 is 2.75 bits per heavy atom. The molecule has 0 bridgehead atoms. The third-order valence-corrected chi connectivity index (χ3v) is 3.91. The second-order valence-corrected chi connectivity index (χ2v) is 5.68. The van der Waals surface area contributed by atoms with Crippen molar-refractivity contribution in [3.8, 4) is 0 Å². The zero-order valence-corrected chi connectivity index (χ0v) is 11.7. The van der Waals surface area contributed by atoms with E-state index in [0.717, 1.165) is 37.3 Å². The number of aromatic nitrogens is 2. The van der Waals surface area contributed by atoms with Crippen LogP contribution in [0.1, 0.15) is 43.0 Å². The number of hydrogen-bond acceptors (Lipinski definition) is 4. The van der Waals surface area contributed by atoms with E-state index in [-0.39, 0.29) is 11.8 Å². The van der Waals surface area contributed by atoms with E-state index in [1.807, 2.05) is 12.4 Å². The summed E-state index contributed by atoms with van der Waals surface area (Å²) in [6, 6.07) is 0. The summed E-state index contributed by atoms with van der Waals surface area (Å²) in [6.45, 7) is 1.99. The van der Waals surface area contributed by atoms with Crippen molar-refractivity contribution >= 4 is 5.91 Å². The molecule has 5 nitrogen and oxygen atoms in total. The van der Waals surface area contributed by atoms with Crippen molar-refractivity contribution in [2.45, 2.75) is 38.0 Å². The van der Waals surface area contributed by atoms with E-state index in [1.165, 1.54) is 12.8 Å². The predicted octanol–water partition coefficient (Wildman–Crippen LogP) is 1.44. The summed E-state index contributed by atoms with van der Waals surface area (Å²) in [5.74, 6) is 1.70. The number of hydrogen-bond donors (Lipinski definition) is 1. The quantitative estimate of drug-likeness (QED) is 0.883. The van der Waals surface area contributed by atoms with Crippen LogP contribution >= 0.6 is 0 Å². The van der Waals surface area contributed by atoms with E-state index in [0.29, 0.717) is 19.1 Å². The van der Waals surface area contributed by atoms with E-state index in [2.05, 4.69) is 15.3 Å². The van der Waals surface area contributed by atoms with Gasteiger partial charge in [0.15, 0.2) is 0 Å². The lowest BCUT2D eigenvalue weighted by Gasteiger charge is -2.21. The van der Waals surface area contributed by atoms with Gasteiger partial charge in [-0.1, -0.05) is 0 Å². The number of nitrogens with one attached hydrogen (secondary N) is 1. The normalized spacial score (nSPS) is 22.5. The number of carbonyl (C=O) groups is 1. The SMILES string of the molecule is O=C(NCCc1cnc(C2CC2)nc1)[C@H]1CCCOC1. The highest BCUT2D eigenvalue weighted by atomic mass is 16.5. The molecule has 1 amide bonds. The molecule has 20 heavy (non-hydrogen) atoms. The van der Waals surface area contributed by atoms with Gasteiger partial charge < -0.3 is 10.1 Å². The third-order valence-electron chi connectivity index (χ3n) is 3.91. The largest absolute Gasteiger partial charge is 0.381 e. The summed E-state index contributed by atoms with van der Waals surface area (Å²) in [5, 5.41) is 2.98. The van der Waals surface area contributed by atoms with E-state index >= 15 is 0 Å². The highest BCUT2D eigenvalue weighted by Crippen LogP contribution is 2.37. The van der Waals surface area contributed by atoms with E-state index < -0.39 is 0 Å². The van der Waals surface area contributed by atoms with Gasteiger partial charge in [0.05, 0.1) is 12.5 Å². The summed E-state index contributed by atoms with van der Waals surface area (Å²) >= 11 is 0. The van der Waals surface area contributed by atoms with Crippen LogP contribution in [0.3, 0.4) is 0 Å². The predicted molar refractivity (Wildman–Crippen MR) is 74.3 cm³/mol. The van der Waals surface area contributed by atoms with Crippen LogP contribution in [0.4, 0.5) is 0 Å². The van der Waals surface area contributed by atoms with Gasteiger partial charge in [-0.25, -0.2) is 9.97 Å². The van der Waals surface area contributed by atoms with Gasteiger partial charge in [-0.3, -0.25) is 4.79 Å². The second kappa shape index (κ2) is 6.31. The molecule has 1 aromatic rings. The molecule has 1 aliphatic carbocycles. The maximum absolute atomic E-state index is 11.9. The van der Waals surface area contributed by atoms with Gasteiger partial charge >= 0.3 is 0 Å². The molecule has 1 aliphatic heterocycles. The topological polar surface area (TPSA) is 64.1 Å². The van der Waals surface area contributed by atoms with Gasteiger partial charge in [0.2, 0.25) is 5.91 Å². The minimum Gasteiger partial charge on any atom is -0.381 e. The Morgan fingerprint density at radius 2 is 2.10 bits per heavy atom. The molecule has 0 radical (unpaired) electrons. The molecule has 2 fully saturated rings. The third kappa shape index (κ3) is 3.54. The van der Waals surface area contributed by atoms with Crippen molar-refractivity contribution in [2.24, 2.45) is 5.92 Å². The van der Waals surface area contributed by atoms with E-state index in [4.69, 9.17) is 4.74 Å². The molecule has 1 saturated heterocycles. The zero-order chi connectivity index (χ0) is 13.8. The maximum Gasteiger partial charge on any atom is 0.225 e. The van der Waals surface area contributed by atoms with Crippen LogP contribution in [-0.4, -0.2) is 35.6 Å². The summed E-state index contributed by atoms with van der Waals surface area (Å²) in [4.78, 5) is 20.7. The van der Waals surface area contributed by atoms with Crippen LogP contribution in [0.5, 0.6) is 0 Å². The highest BCUT2D eigenvalue weighted by Gasteiger charge is 2.26. The molecule has 2 aliphatic rings. The van der Waals surface area contributed by atoms with Crippen molar-refractivity contribution in [3.63, 3.8) is 0 Å². The standard InChI is InChI=1S/C15H21N3O2/c19-15(13-2-1-7-20-10-13)16-6-5-11-8-17-14(18-9-11)12-3-4-12/h8-9,12-13H,1-7,10H2,(H,16,19)/t13-/m0/s1. The van der Waals surface area contributed by atoms with E-state index in [9.17, 15) is 4.79 Å². The van der Waals surface area contributed by atoms with Crippen molar-refractivity contribution in [3.05, 3.63) is 23.8 Å². The van der Waals surface area contributed by atoms with Gasteiger partial charge in [0, 0.05) is 31.5 Å². The highest BCUT2D eigenvalue weighted by molar-refractivity contribution is 5.78. The van der Waals surface area contributed by atoms with Crippen LogP contribution in [-0.2, 0) is 16.0 Å². The summed E-state index contributed by atoms with van der Waals surface area (Å²) < 4.78 is 5.33. The molecule has 108 valence electrons. The van der Waals surface area contributed by atoms with Crippen LogP contribution in [0.2, 0.25) is 0 Å². The number of nitrogens with zero attached hydrogens (tertiary/aromatic N) is 2. The van der Waals surface area contributed by atoms with E-state index in [1.54, 1.807) is 0 Å². The van der Waals surface area contributed by atoms with Crippen molar-refractivity contribution in [1.29, 1.82) is 0 Å². The molecule has 5 heteroatoms. The van der Waals surface area contributed by atoms with Crippen LogP contribution < -0.4 is 5.32 Å². The molecule has 1 N–H and O–H groups in total. The molecule has 0 spiro atoms. The fourth-order valence-electron chi connectivity index (χ4n) is 2.47. The fourth-order valence-corrected chi connectivity index (χ4v) is 2.47. The average molecular weight is 275 g/mol. The zero-order valence-electron chi connectivity index (χ0n) is 11.7. The second-order valence-electron chi connectivity index (χ2n) is 5.68. The Bertz CT molecular complexity index is 451. The smallest absolute Gasteiger partial charge is 0.225 e. The Morgan fingerprint density at radius 1 is 1.30 bits per heavy atom. The summed E-state index contributed by atoms with van der Waals surface area (Å²) in [6.07, 6.45) is 8.91. The Kier molecular flexibility index (Phi) is 4.25. The van der Waals surface area contributed by atoms with Crippen molar-refractivity contribution < 1.29 is 9.53 Å².